The predicted octanol–water partition coefficient (Wildman–Crippen LogP) is 4.15. The zero-order valence-corrected chi connectivity index (χ0v) is 20.2. The highest BCUT2D eigenvalue weighted by molar-refractivity contribution is 5.95. The van der Waals surface area contributed by atoms with Gasteiger partial charge in [0.15, 0.2) is 0 Å². The molecule has 1 aliphatic rings. The lowest BCUT2D eigenvalue weighted by atomic mass is 10.1. The molecule has 36 heavy (non-hydrogen) atoms. The zero-order valence-electron chi connectivity index (χ0n) is 20.2. The molecule has 1 aliphatic heterocycles. The Bertz CT molecular complexity index is 1160. The predicted molar refractivity (Wildman–Crippen MR) is 133 cm³/mol. The minimum Gasteiger partial charge on any atom is -0.382 e. The van der Waals surface area contributed by atoms with E-state index in [1.165, 1.54) is 12.1 Å². The van der Waals surface area contributed by atoms with Crippen LogP contribution in [0.25, 0.3) is 10.9 Å². The van der Waals surface area contributed by atoms with Crippen LogP contribution >= 0.6 is 0 Å². The van der Waals surface area contributed by atoms with Crippen LogP contribution in [0.5, 0.6) is 0 Å². The van der Waals surface area contributed by atoms with Crippen molar-refractivity contribution < 1.29 is 27.4 Å². The van der Waals surface area contributed by atoms with Crippen molar-refractivity contribution in [3.63, 3.8) is 0 Å². The molecule has 0 radical (unpaired) electrons. The summed E-state index contributed by atoms with van der Waals surface area (Å²) in [5.41, 5.74) is 2.85. The normalized spacial score (nSPS) is 14.9. The summed E-state index contributed by atoms with van der Waals surface area (Å²) in [7, 11) is 1.58. The Labute approximate surface area is 208 Å². The molecule has 0 aliphatic carbocycles. The summed E-state index contributed by atoms with van der Waals surface area (Å²) in [6.07, 6.45) is -1.53. The van der Waals surface area contributed by atoms with Gasteiger partial charge in [0, 0.05) is 68.3 Å². The van der Waals surface area contributed by atoms with E-state index >= 15 is 0 Å². The van der Waals surface area contributed by atoms with Crippen LogP contribution in [0.3, 0.4) is 0 Å². The highest BCUT2D eigenvalue weighted by Gasteiger charge is 2.31. The third-order valence-electron chi connectivity index (χ3n) is 6.32. The quantitative estimate of drug-likeness (QED) is 0.406. The molecule has 0 spiro atoms. The van der Waals surface area contributed by atoms with Gasteiger partial charge in [-0.2, -0.15) is 13.2 Å². The van der Waals surface area contributed by atoms with E-state index in [0.29, 0.717) is 37.7 Å². The van der Waals surface area contributed by atoms with E-state index < -0.39 is 11.7 Å². The van der Waals surface area contributed by atoms with Gasteiger partial charge in [0.2, 0.25) is 5.91 Å². The third kappa shape index (κ3) is 6.77. The van der Waals surface area contributed by atoms with Crippen LogP contribution in [-0.2, 0) is 26.9 Å². The number of aromatic amines is 1. The minimum absolute atomic E-state index is 0.0339. The second-order valence-electron chi connectivity index (χ2n) is 8.79. The molecule has 0 saturated carbocycles. The number of nitrogens with one attached hydrogen (secondary N) is 2. The Hall–Kier alpha value is -3.08. The van der Waals surface area contributed by atoms with Gasteiger partial charge in [0.05, 0.1) is 18.8 Å². The average molecular weight is 505 g/mol. The molecule has 3 aromatic rings. The van der Waals surface area contributed by atoms with E-state index in [2.05, 4.69) is 15.2 Å². The first kappa shape index (κ1) is 26.0. The average Bonchev–Trinajstić information content (AvgIpc) is 3.27. The fourth-order valence-corrected chi connectivity index (χ4v) is 4.35. The molecule has 1 aromatic heterocycles. The molecule has 0 atom stereocenters. The second-order valence-corrected chi connectivity index (χ2v) is 8.79. The monoisotopic (exact) mass is 504 g/mol. The van der Waals surface area contributed by atoms with Crippen molar-refractivity contribution in [2.24, 2.45) is 0 Å². The fourth-order valence-electron chi connectivity index (χ4n) is 4.35. The van der Waals surface area contributed by atoms with Crippen molar-refractivity contribution in [3.8, 4) is 0 Å². The van der Waals surface area contributed by atoms with Crippen molar-refractivity contribution >= 4 is 28.2 Å². The number of carbonyl (C=O) groups is 1. The van der Waals surface area contributed by atoms with Crippen LogP contribution in [0.1, 0.15) is 11.1 Å². The molecular formula is C26H31F3N4O3. The number of nitrogens with zero attached hydrogens (tertiary/aromatic N) is 2. The van der Waals surface area contributed by atoms with Gasteiger partial charge in [-0.25, -0.2) is 0 Å². The van der Waals surface area contributed by atoms with E-state index in [1.807, 2.05) is 29.3 Å². The number of hydrogen-bond acceptors (Lipinski definition) is 5. The fraction of sp³-hybridized carbons (Fsp3) is 0.423. The maximum atomic E-state index is 13.0. The summed E-state index contributed by atoms with van der Waals surface area (Å²) >= 11 is 0. The number of methoxy groups -OCH3 is 1. The molecule has 1 amide bonds. The van der Waals surface area contributed by atoms with Crippen LogP contribution in [-0.4, -0.2) is 75.4 Å². The minimum atomic E-state index is -4.34. The number of piperazine rings is 1. The topological polar surface area (TPSA) is 69.8 Å². The van der Waals surface area contributed by atoms with Gasteiger partial charge in [-0.1, -0.05) is 6.07 Å². The maximum absolute atomic E-state index is 13.0. The number of fused-ring (bicyclic) bond motifs is 1. The van der Waals surface area contributed by atoms with E-state index in [1.54, 1.807) is 13.2 Å². The molecule has 2 aromatic carbocycles. The first-order valence-electron chi connectivity index (χ1n) is 11.9. The zero-order chi connectivity index (χ0) is 25.5. The molecule has 10 heteroatoms. The van der Waals surface area contributed by atoms with E-state index in [4.69, 9.17) is 9.47 Å². The lowest BCUT2D eigenvalue weighted by Gasteiger charge is -2.36. The van der Waals surface area contributed by atoms with Crippen molar-refractivity contribution in [1.29, 1.82) is 0 Å². The van der Waals surface area contributed by atoms with Gasteiger partial charge in [-0.05, 0) is 48.4 Å². The number of H-pyrrole nitrogens is 1. The largest absolute Gasteiger partial charge is 0.416 e. The number of halogens is 3. The summed E-state index contributed by atoms with van der Waals surface area (Å²) in [6, 6.07) is 11.3. The van der Waals surface area contributed by atoms with Gasteiger partial charge in [0.25, 0.3) is 0 Å². The van der Waals surface area contributed by atoms with Crippen LogP contribution in [0.15, 0.2) is 48.7 Å². The number of ether oxygens (including phenoxy) is 2. The molecule has 1 fully saturated rings. The molecule has 2 N–H and O–H groups in total. The van der Waals surface area contributed by atoms with Crippen molar-refractivity contribution in [1.82, 2.24) is 9.88 Å². The molecule has 194 valence electrons. The van der Waals surface area contributed by atoms with Gasteiger partial charge in [0.1, 0.15) is 6.61 Å². The molecule has 0 unspecified atom stereocenters. The van der Waals surface area contributed by atoms with Crippen LogP contribution in [0.4, 0.5) is 24.5 Å². The number of anilines is 2. The molecular weight excluding hydrogens is 473 g/mol. The second kappa shape index (κ2) is 11.8. The Morgan fingerprint density at radius 2 is 1.89 bits per heavy atom. The smallest absolute Gasteiger partial charge is 0.382 e. The first-order chi connectivity index (χ1) is 17.3. The Morgan fingerprint density at radius 3 is 2.64 bits per heavy atom. The van der Waals surface area contributed by atoms with Crippen LogP contribution in [0.2, 0.25) is 0 Å². The Balaban J connectivity index is 1.29. The van der Waals surface area contributed by atoms with Crippen LogP contribution in [0, 0.1) is 0 Å². The summed E-state index contributed by atoms with van der Waals surface area (Å²) in [5, 5.41) is 3.91. The number of amides is 1. The maximum Gasteiger partial charge on any atom is 0.416 e. The van der Waals surface area contributed by atoms with Crippen LogP contribution < -0.4 is 10.2 Å². The lowest BCUT2D eigenvalue weighted by Crippen LogP contribution is -2.47. The number of aromatic nitrogens is 1. The lowest BCUT2D eigenvalue weighted by molar-refractivity contribution is -0.137. The summed E-state index contributed by atoms with van der Waals surface area (Å²) in [5.74, 6) is -0.221. The number of carbonyl (C=O) groups excluding carboxylic acids is 1. The summed E-state index contributed by atoms with van der Waals surface area (Å²) < 4.78 is 49.3. The number of benzene rings is 2. The van der Waals surface area contributed by atoms with Crippen molar-refractivity contribution in [3.05, 3.63) is 59.8 Å². The summed E-state index contributed by atoms with van der Waals surface area (Å²) in [6.45, 7) is 4.52. The Kier molecular flexibility index (Phi) is 8.50. The Morgan fingerprint density at radius 1 is 1.08 bits per heavy atom. The molecule has 1 saturated heterocycles. The van der Waals surface area contributed by atoms with E-state index in [-0.39, 0.29) is 12.5 Å². The summed E-state index contributed by atoms with van der Waals surface area (Å²) in [4.78, 5) is 19.7. The van der Waals surface area contributed by atoms with Gasteiger partial charge in [-0.3, -0.25) is 9.69 Å². The standard InChI is InChI=1S/C26H31F3N4O3/c1-35-13-14-36-18-25(34)31-21-5-6-24-23(16-21)19(17-30-24)7-8-32-9-11-33(12-10-32)22-4-2-3-20(15-22)26(27,28)29/h2-6,15-17,30H,7-14,18H2,1H3,(H,31,34). The first-order valence-corrected chi connectivity index (χ1v) is 11.9. The molecule has 7 nitrogen and oxygen atoms in total. The number of hydrogen-bond donors (Lipinski definition) is 2. The molecule has 2 heterocycles. The third-order valence-corrected chi connectivity index (χ3v) is 6.32. The van der Waals surface area contributed by atoms with E-state index in [9.17, 15) is 18.0 Å². The number of alkyl halides is 3. The highest BCUT2D eigenvalue weighted by atomic mass is 19.4. The molecule has 0 bridgehead atoms. The van der Waals surface area contributed by atoms with Crippen molar-refractivity contribution in [2.45, 2.75) is 12.6 Å². The van der Waals surface area contributed by atoms with Crippen molar-refractivity contribution in [2.75, 3.05) is 69.9 Å². The van der Waals surface area contributed by atoms with Gasteiger partial charge in [-0.15, -0.1) is 0 Å². The van der Waals surface area contributed by atoms with Gasteiger partial charge < -0.3 is 24.7 Å². The molecule has 4 rings (SSSR count). The number of rotatable bonds is 10. The highest BCUT2D eigenvalue weighted by Crippen LogP contribution is 2.32. The van der Waals surface area contributed by atoms with E-state index in [0.717, 1.165) is 48.6 Å². The SMILES string of the molecule is COCCOCC(=O)Nc1ccc2[nH]cc(CCN3CCN(c4cccc(C(F)(F)F)c4)CC3)c2c1. The van der Waals surface area contributed by atoms with Gasteiger partial charge >= 0.3 is 6.18 Å².